The highest BCUT2D eigenvalue weighted by Gasteiger charge is 2.16. The van der Waals surface area contributed by atoms with Crippen LogP contribution in [0, 0.1) is 6.92 Å². The van der Waals surface area contributed by atoms with E-state index >= 15 is 0 Å². The van der Waals surface area contributed by atoms with Crippen molar-refractivity contribution in [3.63, 3.8) is 0 Å². The monoisotopic (exact) mass is 315 g/mol. The van der Waals surface area contributed by atoms with Crippen molar-refractivity contribution in [1.82, 2.24) is 0 Å². The molecule has 0 amide bonds. The summed E-state index contributed by atoms with van der Waals surface area (Å²) >= 11 is 12.0. The Hall–Kier alpha value is -1.23. The van der Waals surface area contributed by atoms with E-state index in [-0.39, 0.29) is 4.90 Å². The van der Waals surface area contributed by atoms with E-state index in [9.17, 15) is 8.42 Å². The van der Waals surface area contributed by atoms with Gasteiger partial charge in [0.25, 0.3) is 10.0 Å². The molecule has 0 spiro atoms. The van der Waals surface area contributed by atoms with Gasteiger partial charge in [-0.2, -0.15) is 0 Å². The predicted octanol–water partition coefficient (Wildman–Crippen LogP) is 4.10. The largest absolute Gasteiger partial charge is 0.278 e. The van der Waals surface area contributed by atoms with Crippen LogP contribution in [0.2, 0.25) is 10.0 Å². The predicted molar refractivity (Wildman–Crippen MR) is 78.4 cm³/mol. The number of halogens is 2. The van der Waals surface area contributed by atoms with E-state index in [1.165, 1.54) is 18.2 Å². The lowest BCUT2D eigenvalue weighted by Gasteiger charge is -2.11. The van der Waals surface area contributed by atoms with Crippen molar-refractivity contribution < 1.29 is 8.42 Å². The lowest BCUT2D eigenvalue weighted by Crippen LogP contribution is -2.13. The van der Waals surface area contributed by atoms with Crippen LogP contribution in [-0.4, -0.2) is 8.42 Å². The van der Waals surface area contributed by atoms with Gasteiger partial charge in [-0.25, -0.2) is 8.42 Å². The Labute approximate surface area is 122 Å². The van der Waals surface area contributed by atoms with Gasteiger partial charge in [0.1, 0.15) is 0 Å². The number of anilines is 1. The van der Waals surface area contributed by atoms with Gasteiger partial charge in [0, 0.05) is 5.02 Å². The highest BCUT2D eigenvalue weighted by molar-refractivity contribution is 7.92. The van der Waals surface area contributed by atoms with Crippen molar-refractivity contribution in [2.75, 3.05) is 4.72 Å². The van der Waals surface area contributed by atoms with Crippen LogP contribution in [0.4, 0.5) is 5.69 Å². The SMILES string of the molecule is Cc1c(Cl)ccc(NS(=O)(=O)c2ccccc2)c1Cl. The average molecular weight is 316 g/mol. The van der Waals surface area contributed by atoms with E-state index in [2.05, 4.69) is 4.72 Å². The van der Waals surface area contributed by atoms with Crippen molar-refractivity contribution >= 4 is 38.9 Å². The van der Waals surface area contributed by atoms with Crippen molar-refractivity contribution in [3.05, 3.63) is 58.1 Å². The molecule has 3 nitrogen and oxygen atoms in total. The molecule has 2 rings (SSSR count). The molecule has 0 atom stereocenters. The fourth-order valence-electron chi connectivity index (χ4n) is 1.54. The second-order valence-electron chi connectivity index (χ2n) is 3.95. The first-order valence-electron chi connectivity index (χ1n) is 5.44. The molecule has 0 saturated heterocycles. The first-order valence-corrected chi connectivity index (χ1v) is 7.68. The topological polar surface area (TPSA) is 46.2 Å². The molecule has 2 aromatic carbocycles. The fraction of sp³-hybridized carbons (Fsp3) is 0.0769. The summed E-state index contributed by atoms with van der Waals surface area (Å²) in [5, 5.41) is 0.791. The van der Waals surface area contributed by atoms with Crippen molar-refractivity contribution in [3.8, 4) is 0 Å². The molecule has 0 bridgehead atoms. The molecular formula is C13H11Cl2NO2S. The first-order chi connectivity index (χ1) is 8.92. The summed E-state index contributed by atoms with van der Waals surface area (Å²) in [4.78, 5) is 0.179. The number of hydrogen-bond acceptors (Lipinski definition) is 2. The zero-order chi connectivity index (χ0) is 14.0. The Balaban J connectivity index is 2.40. The minimum absolute atomic E-state index is 0.179. The molecule has 0 aliphatic rings. The van der Waals surface area contributed by atoms with Gasteiger partial charge in [0.05, 0.1) is 15.6 Å². The molecule has 0 saturated carbocycles. The molecule has 0 unspecified atom stereocenters. The van der Waals surface area contributed by atoms with E-state index in [0.29, 0.717) is 21.3 Å². The lowest BCUT2D eigenvalue weighted by molar-refractivity contribution is 0.601. The first kappa shape index (κ1) is 14.2. The number of rotatable bonds is 3. The van der Waals surface area contributed by atoms with E-state index in [0.717, 1.165) is 0 Å². The van der Waals surface area contributed by atoms with E-state index in [1.807, 2.05) is 0 Å². The summed E-state index contributed by atoms with van der Waals surface area (Å²) in [5.41, 5.74) is 0.948. The molecule has 0 aliphatic heterocycles. The highest BCUT2D eigenvalue weighted by Crippen LogP contribution is 2.32. The minimum Gasteiger partial charge on any atom is -0.278 e. The summed E-state index contributed by atoms with van der Waals surface area (Å²) in [6.45, 7) is 1.73. The van der Waals surface area contributed by atoms with Crippen LogP contribution in [0.25, 0.3) is 0 Å². The quantitative estimate of drug-likeness (QED) is 0.926. The van der Waals surface area contributed by atoms with Gasteiger partial charge >= 0.3 is 0 Å². The molecule has 0 aromatic heterocycles. The molecule has 1 N–H and O–H groups in total. The van der Waals surface area contributed by atoms with Gasteiger partial charge in [-0.05, 0) is 36.8 Å². The Morgan fingerprint density at radius 1 is 1.00 bits per heavy atom. The molecule has 100 valence electrons. The smallest absolute Gasteiger partial charge is 0.261 e. The number of hydrogen-bond donors (Lipinski definition) is 1. The van der Waals surface area contributed by atoms with Gasteiger partial charge < -0.3 is 0 Å². The maximum atomic E-state index is 12.1. The van der Waals surface area contributed by atoms with Crippen LogP contribution in [0.15, 0.2) is 47.4 Å². The summed E-state index contributed by atoms with van der Waals surface area (Å²) in [6.07, 6.45) is 0. The van der Waals surface area contributed by atoms with Crippen LogP contribution in [0.1, 0.15) is 5.56 Å². The normalized spacial score (nSPS) is 11.3. The standard InChI is InChI=1S/C13H11Cl2NO2S/c1-9-11(14)7-8-12(13(9)15)16-19(17,18)10-5-3-2-4-6-10/h2-8,16H,1H3. The maximum absolute atomic E-state index is 12.1. The zero-order valence-electron chi connectivity index (χ0n) is 10.0. The minimum atomic E-state index is -3.64. The highest BCUT2D eigenvalue weighted by atomic mass is 35.5. The Morgan fingerprint density at radius 2 is 1.63 bits per heavy atom. The number of nitrogens with one attached hydrogen (secondary N) is 1. The van der Waals surface area contributed by atoms with E-state index in [4.69, 9.17) is 23.2 Å². The van der Waals surface area contributed by atoms with Crippen LogP contribution < -0.4 is 4.72 Å². The second kappa shape index (κ2) is 5.41. The summed E-state index contributed by atoms with van der Waals surface area (Å²) in [6, 6.07) is 11.2. The lowest BCUT2D eigenvalue weighted by atomic mass is 10.2. The Bertz CT molecular complexity index is 700. The van der Waals surface area contributed by atoms with Gasteiger partial charge in [0.2, 0.25) is 0 Å². The molecule has 0 heterocycles. The van der Waals surface area contributed by atoms with Gasteiger partial charge in [-0.1, -0.05) is 41.4 Å². The van der Waals surface area contributed by atoms with Crippen LogP contribution in [0.5, 0.6) is 0 Å². The fourth-order valence-corrected chi connectivity index (χ4v) is 3.11. The zero-order valence-corrected chi connectivity index (χ0v) is 12.4. The third kappa shape index (κ3) is 3.03. The summed E-state index contributed by atoms with van der Waals surface area (Å²) in [7, 11) is -3.64. The van der Waals surface area contributed by atoms with Gasteiger partial charge in [0.15, 0.2) is 0 Å². The van der Waals surface area contributed by atoms with Crippen LogP contribution >= 0.6 is 23.2 Å². The van der Waals surface area contributed by atoms with Crippen molar-refractivity contribution in [2.45, 2.75) is 11.8 Å². The third-order valence-corrected chi connectivity index (χ3v) is 4.90. The molecule has 6 heteroatoms. The number of sulfonamides is 1. The van der Waals surface area contributed by atoms with Crippen molar-refractivity contribution in [1.29, 1.82) is 0 Å². The summed E-state index contributed by atoms with van der Waals surface area (Å²) in [5.74, 6) is 0. The number of benzene rings is 2. The van der Waals surface area contributed by atoms with E-state index < -0.39 is 10.0 Å². The molecule has 0 radical (unpaired) electrons. The average Bonchev–Trinajstić information content (AvgIpc) is 2.40. The third-order valence-electron chi connectivity index (χ3n) is 2.62. The Kier molecular flexibility index (Phi) is 4.04. The second-order valence-corrected chi connectivity index (χ2v) is 6.42. The molecule has 0 aliphatic carbocycles. The van der Waals surface area contributed by atoms with E-state index in [1.54, 1.807) is 31.2 Å². The van der Waals surface area contributed by atoms with Gasteiger partial charge in [-0.15, -0.1) is 0 Å². The molecular weight excluding hydrogens is 305 g/mol. The van der Waals surface area contributed by atoms with Gasteiger partial charge in [-0.3, -0.25) is 4.72 Å². The van der Waals surface area contributed by atoms with Crippen LogP contribution in [0.3, 0.4) is 0 Å². The molecule has 0 fully saturated rings. The Morgan fingerprint density at radius 3 is 2.26 bits per heavy atom. The molecule has 2 aromatic rings. The maximum Gasteiger partial charge on any atom is 0.261 e. The summed E-state index contributed by atoms with van der Waals surface area (Å²) < 4.78 is 26.7. The molecule has 19 heavy (non-hydrogen) atoms. The van der Waals surface area contributed by atoms with Crippen LogP contribution in [-0.2, 0) is 10.0 Å². The van der Waals surface area contributed by atoms with Crippen molar-refractivity contribution in [2.24, 2.45) is 0 Å².